The maximum absolute atomic E-state index is 5.89. The van der Waals surface area contributed by atoms with Crippen molar-refractivity contribution in [2.75, 3.05) is 12.4 Å². The summed E-state index contributed by atoms with van der Waals surface area (Å²) < 4.78 is 5.11. The fourth-order valence-corrected chi connectivity index (χ4v) is 2.78. The highest BCUT2D eigenvalue weighted by molar-refractivity contribution is 7.09. The van der Waals surface area contributed by atoms with Gasteiger partial charge in [-0.15, -0.1) is 11.3 Å². The lowest BCUT2D eigenvalue weighted by Gasteiger charge is -2.06. The summed E-state index contributed by atoms with van der Waals surface area (Å²) in [4.78, 5) is 8.91. The van der Waals surface area contributed by atoms with Gasteiger partial charge in [0.2, 0.25) is 0 Å². The zero-order chi connectivity index (χ0) is 14.7. The fourth-order valence-electron chi connectivity index (χ4n) is 1.98. The van der Waals surface area contributed by atoms with Crippen molar-refractivity contribution in [1.82, 2.24) is 4.98 Å². The minimum atomic E-state index is 0.392. The molecule has 1 saturated carbocycles. The lowest BCUT2D eigenvalue weighted by molar-refractivity contribution is 0.415. The third kappa shape index (κ3) is 3.72. The first-order chi connectivity index (χ1) is 10.2. The first kappa shape index (κ1) is 13.9. The third-order valence-electron chi connectivity index (χ3n) is 3.31. The minimum Gasteiger partial charge on any atom is -0.497 e. The van der Waals surface area contributed by atoms with Gasteiger partial charge in [-0.1, -0.05) is 0 Å². The van der Waals surface area contributed by atoms with Crippen LogP contribution in [-0.2, 0) is 6.54 Å². The number of ether oxygens (including phenoxy) is 1. The van der Waals surface area contributed by atoms with Crippen LogP contribution in [-0.4, -0.2) is 18.1 Å². The van der Waals surface area contributed by atoms with Crippen LogP contribution in [0.3, 0.4) is 0 Å². The molecule has 1 aliphatic carbocycles. The molecule has 110 valence electrons. The number of nitrogens with two attached hydrogens (primary N) is 1. The summed E-state index contributed by atoms with van der Waals surface area (Å²) in [5.74, 6) is 1.89. The van der Waals surface area contributed by atoms with Gasteiger partial charge in [0.15, 0.2) is 5.96 Å². The average molecular weight is 302 g/mol. The summed E-state index contributed by atoms with van der Waals surface area (Å²) in [5.41, 5.74) is 7.99. The van der Waals surface area contributed by atoms with E-state index >= 15 is 0 Å². The summed E-state index contributed by atoms with van der Waals surface area (Å²) in [6, 6.07) is 7.54. The van der Waals surface area contributed by atoms with Gasteiger partial charge in [-0.25, -0.2) is 9.98 Å². The SMILES string of the molecule is COc1ccc(NC(N)=NCc2nc(C3CC3)cs2)cc1. The van der Waals surface area contributed by atoms with Gasteiger partial charge >= 0.3 is 0 Å². The maximum Gasteiger partial charge on any atom is 0.193 e. The highest BCUT2D eigenvalue weighted by atomic mass is 32.1. The molecule has 1 aromatic carbocycles. The Morgan fingerprint density at radius 2 is 2.19 bits per heavy atom. The summed E-state index contributed by atoms with van der Waals surface area (Å²) in [6.07, 6.45) is 2.54. The molecule has 5 nitrogen and oxygen atoms in total. The number of nitrogens with zero attached hydrogens (tertiary/aromatic N) is 2. The molecule has 3 N–H and O–H groups in total. The summed E-state index contributed by atoms with van der Waals surface area (Å²) in [5, 5.41) is 6.20. The molecule has 0 bridgehead atoms. The standard InChI is InChI=1S/C15H18N4OS/c1-20-12-6-4-11(5-7-12)18-15(16)17-8-14-19-13(9-21-14)10-2-3-10/h4-7,9-10H,2-3,8H2,1H3,(H3,16,17,18). The van der Waals surface area contributed by atoms with Crippen molar-refractivity contribution >= 4 is 23.0 Å². The quantitative estimate of drug-likeness (QED) is 0.658. The van der Waals surface area contributed by atoms with E-state index in [0.29, 0.717) is 18.4 Å². The Balaban J connectivity index is 1.56. The van der Waals surface area contributed by atoms with E-state index in [2.05, 4.69) is 20.7 Å². The van der Waals surface area contributed by atoms with Gasteiger partial charge in [0, 0.05) is 17.0 Å². The van der Waals surface area contributed by atoms with Gasteiger partial charge in [-0.3, -0.25) is 0 Å². The fraction of sp³-hybridized carbons (Fsp3) is 0.333. The third-order valence-corrected chi connectivity index (χ3v) is 4.16. The van der Waals surface area contributed by atoms with E-state index in [1.807, 2.05) is 24.3 Å². The van der Waals surface area contributed by atoms with Gasteiger partial charge in [0.05, 0.1) is 19.3 Å². The molecule has 3 rings (SSSR count). The second kappa shape index (κ2) is 6.13. The molecule has 0 radical (unpaired) electrons. The zero-order valence-electron chi connectivity index (χ0n) is 11.9. The molecule has 0 unspecified atom stereocenters. The monoisotopic (exact) mass is 302 g/mol. The molecule has 2 aromatic rings. The predicted octanol–water partition coefficient (Wildman–Crippen LogP) is 2.96. The summed E-state index contributed by atoms with van der Waals surface area (Å²) in [7, 11) is 1.64. The van der Waals surface area contributed by atoms with Crippen LogP contribution >= 0.6 is 11.3 Å². The van der Waals surface area contributed by atoms with Crippen molar-refractivity contribution in [3.05, 3.63) is 40.3 Å². The van der Waals surface area contributed by atoms with Crippen LogP contribution in [0.5, 0.6) is 5.75 Å². The largest absolute Gasteiger partial charge is 0.497 e. The van der Waals surface area contributed by atoms with Crippen LogP contribution in [0, 0.1) is 0 Å². The number of methoxy groups -OCH3 is 1. The second-order valence-electron chi connectivity index (χ2n) is 5.00. The molecule has 1 aliphatic rings. The highest BCUT2D eigenvalue weighted by Crippen LogP contribution is 2.40. The maximum atomic E-state index is 5.89. The van der Waals surface area contributed by atoms with Crippen LogP contribution in [0.1, 0.15) is 29.5 Å². The topological polar surface area (TPSA) is 72.5 Å². The number of hydrogen-bond donors (Lipinski definition) is 2. The lowest BCUT2D eigenvalue weighted by atomic mass is 10.3. The highest BCUT2D eigenvalue weighted by Gasteiger charge is 2.25. The van der Waals surface area contributed by atoms with E-state index in [-0.39, 0.29) is 0 Å². The number of anilines is 1. The number of hydrogen-bond acceptors (Lipinski definition) is 4. The Kier molecular flexibility index (Phi) is 4.06. The molecule has 0 amide bonds. The molecule has 1 fully saturated rings. The Hall–Kier alpha value is -2.08. The second-order valence-corrected chi connectivity index (χ2v) is 5.94. The zero-order valence-corrected chi connectivity index (χ0v) is 12.7. The predicted molar refractivity (Wildman–Crippen MR) is 86.0 cm³/mol. The summed E-state index contributed by atoms with van der Waals surface area (Å²) >= 11 is 1.65. The number of aromatic nitrogens is 1. The Morgan fingerprint density at radius 1 is 1.43 bits per heavy atom. The Morgan fingerprint density at radius 3 is 2.86 bits per heavy atom. The molecular weight excluding hydrogens is 284 g/mol. The molecule has 1 heterocycles. The first-order valence-corrected chi connectivity index (χ1v) is 7.78. The molecule has 0 atom stereocenters. The van der Waals surface area contributed by atoms with Crippen LogP contribution in [0.2, 0.25) is 0 Å². The van der Waals surface area contributed by atoms with Crippen molar-refractivity contribution in [2.24, 2.45) is 10.7 Å². The molecular formula is C15H18N4OS. The van der Waals surface area contributed by atoms with Crippen LogP contribution < -0.4 is 15.8 Å². The van der Waals surface area contributed by atoms with Crippen molar-refractivity contribution < 1.29 is 4.74 Å². The molecule has 0 aliphatic heterocycles. The number of guanidine groups is 1. The van der Waals surface area contributed by atoms with Crippen LogP contribution in [0.15, 0.2) is 34.6 Å². The lowest BCUT2D eigenvalue weighted by Crippen LogP contribution is -2.22. The van der Waals surface area contributed by atoms with Gasteiger partial charge in [-0.2, -0.15) is 0 Å². The van der Waals surface area contributed by atoms with Gasteiger partial charge < -0.3 is 15.8 Å². The van der Waals surface area contributed by atoms with Crippen molar-refractivity contribution in [3.63, 3.8) is 0 Å². The number of benzene rings is 1. The number of thiazole rings is 1. The van der Waals surface area contributed by atoms with Gasteiger partial charge in [0.25, 0.3) is 0 Å². The van der Waals surface area contributed by atoms with Crippen molar-refractivity contribution in [2.45, 2.75) is 25.3 Å². The van der Waals surface area contributed by atoms with Gasteiger partial charge in [0.1, 0.15) is 10.8 Å². The van der Waals surface area contributed by atoms with E-state index < -0.39 is 0 Å². The molecule has 0 spiro atoms. The Labute approximate surface area is 127 Å². The minimum absolute atomic E-state index is 0.392. The van der Waals surface area contributed by atoms with E-state index in [9.17, 15) is 0 Å². The smallest absolute Gasteiger partial charge is 0.193 e. The molecule has 0 saturated heterocycles. The Bertz CT molecular complexity index is 631. The van der Waals surface area contributed by atoms with E-state index in [0.717, 1.165) is 16.4 Å². The van der Waals surface area contributed by atoms with E-state index in [4.69, 9.17) is 10.5 Å². The number of nitrogens with one attached hydrogen (secondary N) is 1. The first-order valence-electron chi connectivity index (χ1n) is 6.90. The van der Waals surface area contributed by atoms with Crippen molar-refractivity contribution in [1.29, 1.82) is 0 Å². The summed E-state index contributed by atoms with van der Waals surface area (Å²) in [6.45, 7) is 0.520. The number of rotatable bonds is 5. The molecule has 6 heteroatoms. The van der Waals surface area contributed by atoms with E-state index in [1.54, 1.807) is 18.4 Å². The molecule has 1 aromatic heterocycles. The van der Waals surface area contributed by atoms with E-state index in [1.165, 1.54) is 18.5 Å². The van der Waals surface area contributed by atoms with Crippen LogP contribution in [0.4, 0.5) is 5.69 Å². The number of aliphatic imine (C=N–C) groups is 1. The van der Waals surface area contributed by atoms with Gasteiger partial charge in [-0.05, 0) is 37.1 Å². The average Bonchev–Trinajstić information content (AvgIpc) is 3.25. The normalized spacial score (nSPS) is 15.0. The molecule has 21 heavy (non-hydrogen) atoms. The van der Waals surface area contributed by atoms with Crippen molar-refractivity contribution in [3.8, 4) is 5.75 Å². The van der Waals surface area contributed by atoms with Crippen LogP contribution in [0.25, 0.3) is 0 Å².